The van der Waals surface area contributed by atoms with Crippen molar-refractivity contribution in [1.29, 1.82) is 0 Å². The van der Waals surface area contributed by atoms with Gasteiger partial charge in [0.05, 0.1) is 56.3 Å². The molecule has 2 rings (SSSR count). The molecule has 0 aliphatic carbocycles. The van der Waals surface area contributed by atoms with E-state index in [1.54, 1.807) is 0 Å². The van der Waals surface area contributed by atoms with Crippen molar-refractivity contribution in [2.45, 2.75) is 39.2 Å². The number of ether oxygens (including phenoxy) is 6. The van der Waals surface area contributed by atoms with Gasteiger partial charge in [-0.2, -0.15) is 0 Å². The first-order chi connectivity index (χ1) is 19.1. The molecule has 0 aromatic heterocycles. The third kappa shape index (κ3) is 8.92. The number of methoxy groups -OCH3 is 3. The van der Waals surface area contributed by atoms with E-state index >= 15 is 0 Å². The molecule has 0 radical (unpaired) electrons. The van der Waals surface area contributed by atoms with Gasteiger partial charge in [0.25, 0.3) is 0 Å². The molecule has 11 nitrogen and oxygen atoms in total. The fourth-order valence-electron chi connectivity index (χ4n) is 3.64. The molecule has 0 aliphatic heterocycles. The molecule has 3 N–H and O–H groups in total. The molecule has 0 heterocycles. The highest BCUT2D eigenvalue weighted by molar-refractivity contribution is 6.35. The second-order valence-electron chi connectivity index (χ2n) is 9.14. The Morgan fingerprint density at radius 2 is 1.50 bits per heavy atom. The zero-order valence-electron chi connectivity index (χ0n) is 23.3. The number of aliphatic hydroxyl groups is 1. The smallest absolute Gasteiger partial charge is 0.338 e. The minimum absolute atomic E-state index is 0.0337. The minimum atomic E-state index is -0.824. The van der Waals surface area contributed by atoms with Crippen molar-refractivity contribution in [3.05, 3.63) is 46.0 Å². The van der Waals surface area contributed by atoms with Crippen molar-refractivity contribution in [2.75, 3.05) is 41.2 Å². The van der Waals surface area contributed by atoms with Gasteiger partial charge in [-0.3, -0.25) is 4.79 Å². The standard InChI is InChI=1S/C28H36ClNO10/c1-16(2)15-39-27(33)17-11-20(26(30)32)24(29)21(12-17)38-10-6-7-19(8-9-31)40-28(34)18-13-22(35-3)25(37-5)23(14-18)36-4/h11-14,16,19,31H,6-10,15H2,1-5H3,(H2,30,32). The van der Waals surface area contributed by atoms with Gasteiger partial charge in [-0.25, -0.2) is 9.59 Å². The zero-order chi connectivity index (χ0) is 29.8. The average Bonchev–Trinajstić information content (AvgIpc) is 2.93. The normalized spacial score (nSPS) is 11.5. The van der Waals surface area contributed by atoms with E-state index in [0.29, 0.717) is 30.1 Å². The van der Waals surface area contributed by atoms with Crippen LogP contribution in [0.25, 0.3) is 0 Å². The Bertz CT molecular complexity index is 1160. The maximum Gasteiger partial charge on any atom is 0.338 e. The van der Waals surface area contributed by atoms with E-state index < -0.39 is 23.9 Å². The number of rotatable bonds is 16. The van der Waals surface area contributed by atoms with Gasteiger partial charge in [0.2, 0.25) is 11.7 Å². The van der Waals surface area contributed by atoms with E-state index in [9.17, 15) is 19.5 Å². The van der Waals surface area contributed by atoms with Crippen LogP contribution in [0.2, 0.25) is 5.02 Å². The highest BCUT2D eigenvalue weighted by atomic mass is 35.5. The summed E-state index contributed by atoms with van der Waals surface area (Å²) in [5.41, 5.74) is 5.60. The van der Waals surface area contributed by atoms with E-state index in [4.69, 9.17) is 45.8 Å². The fraction of sp³-hybridized carbons (Fsp3) is 0.464. The Morgan fingerprint density at radius 1 is 0.900 bits per heavy atom. The zero-order valence-corrected chi connectivity index (χ0v) is 24.0. The lowest BCUT2D eigenvalue weighted by molar-refractivity contribution is 0.0205. The predicted molar refractivity (Wildman–Crippen MR) is 147 cm³/mol. The lowest BCUT2D eigenvalue weighted by Gasteiger charge is -2.19. The van der Waals surface area contributed by atoms with E-state index in [2.05, 4.69) is 0 Å². The van der Waals surface area contributed by atoms with Crippen molar-refractivity contribution >= 4 is 29.4 Å². The molecule has 0 bridgehead atoms. The number of carbonyl (C=O) groups excluding carboxylic acids is 3. The lowest BCUT2D eigenvalue weighted by atomic mass is 10.1. The third-order valence-corrected chi connectivity index (χ3v) is 6.03. The summed E-state index contributed by atoms with van der Waals surface area (Å²) in [6.45, 7) is 3.88. The summed E-state index contributed by atoms with van der Waals surface area (Å²) < 4.78 is 32.4. The topological polar surface area (TPSA) is 153 Å². The maximum absolute atomic E-state index is 12.9. The van der Waals surface area contributed by atoms with Gasteiger partial charge in [0, 0.05) is 13.0 Å². The van der Waals surface area contributed by atoms with Gasteiger partial charge in [-0.15, -0.1) is 0 Å². The van der Waals surface area contributed by atoms with Gasteiger partial charge < -0.3 is 39.3 Å². The summed E-state index contributed by atoms with van der Waals surface area (Å²) in [5.74, 6) is -0.970. The highest BCUT2D eigenvalue weighted by Crippen LogP contribution is 2.38. The highest BCUT2D eigenvalue weighted by Gasteiger charge is 2.22. The summed E-state index contributed by atoms with van der Waals surface area (Å²) in [7, 11) is 4.32. The molecule has 12 heteroatoms. The first kappa shape index (κ1) is 32.5. The summed E-state index contributed by atoms with van der Waals surface area (Å²) in [6, 6.07) is 5.59. The van der Waals surface area contributed by atoms with E-state index in [0.717, 1.165) is 0 Å². The van der Waals surface area contributed by atoms with Crippen LogP contribution in [-0.4, -0.2) is 70.2 Å². The molecule has 220 valence electrons. The van der Waals surface area contributed by atoms with Crippen molar-refractivity contribution < 1.29 is 47.9 Å². The van der Waals surface area contributed by atoms with Crippen LogP contribution < -0.4 is 24.7 Å². The number of benzene rings is 2. The molecule has 0 saturated carbocycles. The Morgan fingerprint density at radius 3 is 2.02 bits per heavy atom. The van der Waals surface area contributed by atoms with E-state index in [1.807, 2.05) is 13.8 Å². The van der Waals surface area contributed by atoms with Crippen LogP contribution in [0.4, 0.5) is 0 Å². The Kier molecular flexibility index (Phi) is 12.8. The molecule has 0 aliphatic rings. The van der Waals surface area contributed by atoms with Crippen molar-refractivity contribution in [3.8, 4) is 23.0 Å². The van der Waals surface area contributed by atoms with Crippen LogP contribution in [0.1, 0.15) is 64.2 Å². The van der Waals surface area contributed by atoms with Crippen molar-refractivity contribution in [3.63, 3.8) is 0 Å². The molecule has 2 aromatic rings. The fourth-order valence-corrected chi connectivity index (χ4v) is 3.90. The molecule has 1 unspecified atom stereocenters. The van der Waals surface area contributed by atoms with Crippen molar-refractivity contribution in [2.24, 2.45) is 11.7 Å². The van der Waals surface area contributed by atoms with Crippen LogP contribution in [0.3, 0.4) is 0 Å². The monoisotopic (exact) mass is 581 g/mol. The number of amides is 1. The number of halogens is 1. The van der Waals surface area contributed by atoms with Crippen LogP contribution >= 0.6 is 11.6 Å². The van der Waals surface area contributed by atoms with Crippen LogP contribution in [0.15, 0.2) is 24.3 Å². The maximum atomic E-state index is 12.9. The predicted octanol–water partition coefficient (Wildman–Crippen LogP) is 4.04. The summed E-state index contributed by atoms with van der Waals surface area (Å²) in [5, 5.41) is 9.45. The van der Waals surface area contributed by atoms with Crippen LogP contribution in [0, 0.1) is 5.92 Å². The Hall–Kier alpha value is -3.70. The minimum Gasteiger partial charge on any atom is -0.493 e. The number of nitrogens with two attached hydrogens (primary N) is 1. The largest absolute Gasteiger partial charge is 0.493 e. The summed E-state index contributed by atoms with van der Waals surface area (Å²) in [4.78, 5) is 37.2. The van der Waals surface area contributed by atoms with Crippen LogP contribution in [-0.2, 0) is 9.47 Å². The van der Waals surface area contributed by atoms with Crippen molar-refractivity contribution in [1.82, 2.24) is 0 Å². The molecule has 1 amide bonds. The summed E-state index contributed by atoms with van der Waals surface area (Å²) >= 11 is 6.30. The molecule has 1 atom stereocenters. The average molecular weight is 582 g/mol. The molecule has 40 heavy (non-hydrogen) atoms. The lowest BCUT2D eigenvalue weighted by Crippen LogP contribution is -2.21. The quantitative estimate of drug-likeness (QED) is 0.219. The molecular formula is C28H36ClNO10. The molecule has 0 spiro atoms. The molecular weight excluding hydrogens is 546 g/mol. The molecule has 0 saturated heterocycles. The van der Waals surface area contributed by atoms with Gasteiger partial charge in [-0.1, -0.05) is 25.4 Å². The number of primary amides is 1. The van der Waals surface area contributed by atoms with E-state index in [1.165, 1.54) is 45.6 Å². The first-order valence-electron chi connectivity index (χ1n) is 12.6. The van der Waals surface area contributed by atoms with Gasteiger partial charge >= 0.3 is 11.9 Å². The third-order valence-electron chi connectivity index (χ3n) is 5.64. The summed E-state index contributed by atoms with van der Waals surface area (Å²) in [6.07, 6.45) is 0.291. The van der Waals surface area contributed by atoms with Crippen LogP contribution in [0.5, 0.6) is 23.0 Å². The number of carbonyl (C=O) groups is 3. The SMILES string of the molecule is COc1cc(C(=O)OC(CCO)CCCOc2cc(C(=O)OCC(C)C)cc(C(N)=O)c2Cl)cc(OC)c1OC. The molecule has 2 aromatic carbocycles. The second-order valence-corrected chi connectivity index (χ2v) is 9.51. The number of esters is 2. The number of hydrogen-bond donors (Lipinski definition) is 2. The molecule has 0 fully saturated rings. The Labute approximate surface area is 238 Å². The first-order valence-corrected chi connectivity index (χ1v) is 13.0. The van der Waals surface area contributed by atoms with Gasteiger partial charge in [0.1, 0.15) is 11.9 Å². The number of hydrogen-bond acceptors (Lipinski definition) is 10. The Balaban J connectivity index is 2.09. The second kappa shape index (κ2) is 15.8. The van der Waals surface area contributed by atoms with Gasteiger partial charge in [0.15, 0.2) is 11.5 Å². The number of aliphatic hydroxyl groups excluding tert-OH is 1. The van der Waals surface area contributed by atoms with E-state index in [-0.39, 0.29) is 59.6 Å². The van der Waals surface area contributed by atoms with Gasteiger partial charge in [-0.05, 0) is 43.0 Å².